The topological polar surface area (TPSA) is 72.6 Å². The average Bonchev–Trinajstić information content (AvgIpc) is 3.17. The molecular weight excluding hydrogens is 302 g/mol. The van der Waals surface area contributed by atoms with Crippen LogP contribution in [0.4, 0.5) is 5.82 Å². The second kappa shape index (κ2) is 6.35. The fourth-order valence-corrected chi connectivity index (χ4v) is 3.13. The van der Waals surface area contributed by atoms with E-state index in [1.807, 2.05) is 36.1 Å². The molecule has 4 heterocycles. The van der Waals surface area contributed by atoms with Crippen LogP contribution in [0.3, 0.4) is 0 Å². The Morgan fingerprint density at radius 3 is 2.88 bits per heavy atom. The Kier molecular flexibility index (Phi) is 3.90. The van der Waals surface area contributed by atoms with E-state index in [9.17, 15) is 0 Å². The van der Waals surface area contributed by atoms with E-state index < -0.39 is 0 Å². The number of nitrogens with zero attached hydrogens (tertiary/aromatic N) is 7. The highest BCUT2D eigenvalue weighted by molar-refractivity contribution is 5.39. The van der Waals surface area contributed by atoms with E-state index in [4.69, 9.17) is 4.98 Å². The summed E-state index contributed by atoms with van der Waals surface area (Å²) in [6, 6.07) is 1.98. The highest BCUT2D eigenvalue weighted by atomic mass is 15.2. The van der Waals surface area contributed by atoms with Gasteiger partial charge >= 0.3 is 0 Å². The molecule has 3 aromatic rings. The lowest BCUT2D eigenvalue weighted by Crippen LogP contribution is -2.35. The van der Waals surface area contributed by atoms with Gasteiger partial charge in [0.25, 0.3) is 0 Å². The zero-order chi connectivity index (χ0) is 16.4. The lowest BCUT2D eigenvalue weighted by atomic mass is 9.95. The normalized spacial score (nSPS) is 17.9. The van der Waals surface area contributed by atoms with Gasteiger partial charge in [0.05, 0.1) is 11.9 Å². The number of hydrogen-bond acceptors (Lipinski definition) is 6. The molecule has 4 rings (SSSR count). The Bertz CT molecular complexity index is 815. The highest BCUT2D eigenvalue weighted by Gasteiger charge is 2.24. The molecule has 24 heavy (non-hydrogen) atoms. The van der Waals surface area contributed by atoms with Crippen molar-refractivity contribution in [2.24, 2.45) is 0 Å². The Labute approximate surface area is 140 Å². The van der Waals surface area contributed by atoms with Crippen molar-refractivity contribution >= 4 is 5.82 Å². The first-order valence-electron chi connectivity index (χ1n) is 8.14. The van der Waals surface area contributed by atoms with Gasteiger partial charge in [0, 0.05) is 43.8 Å². The second-order valence-corrected chi connectivity index (χ2v) is 6.02. The Balaban J connectivity index is 1.57. The SMILES string of the molecule is Cc1nccc(N2CCC[C@H](c3cncc(-n4ccnc4)n3)C2)n1. The van der Waals surface area contributed by atoms with Crippen LogP contribution in [0.5, 0.6) is 0 Å². The van der Waals surface area contributed by atoms with Crippen molar-refractivity contribution in [3.63, 3.8) is 0 Å². The van der Waals surface area contributed by atoms with Crippen LogP contribution in [0.25, 0.3) is 5.82 Å². The predicted molar refractivity (Wildman–Crippen MR) is 90.1 cm³/mol. The van der Waals surface area contributed by atoms with E-state index in [0.29, 0.717) is 5.92 Å². The molecule has 7 nitrogen and oxygen atoms in total. The van der Waals surface area contributed by atoms with Gasteiger partial charge in [-0.2, -0.15) is 0 Å². The quantitative estimate of drug-likeness (QED) is 0.736. The molecule has 1 aliphatic rings. The molecule has 0 aliphatic carbocycles. The number of aromatic nitrogens is 6. The van der Waals surface area contributed by atoms with E-state index in [2.05, 4.69) is 24.8 Å². The zero-order valence-electron chi connectivity index (χ0n) is 13.6. The van der Waals surface area contributed by atoms with Crippen molar-refractivity contribution in [2.45, 2.75) is 25.7 Å². The predicted octanol–water partition coefficient (Wildman–Crippen LogP) is 2.14. The summed E-state index contributed by atoms with van der Waals surface area (Å²) < 4.78 is 1.88. The van der Waals surface area contributed by atoms with Crippen molar-refractivity contribution in [1.29, 1.82) is 0 Å². The maximum absolute atomic E-state index is 4.79. The summed E-state index contributed by atoms with van der Waals surface area (Å²) in [5.41, 5.74) is 1.02. The molecule has 0 radical (unpaired) electrons. The maximum Gasteiger partial charge on any atom is 0.156 e. The van der Waals surface area contributed by atoms with Crippen molar-refractivity contribution in [3.05, 3.63) is 54.9 Å². The first-order valence-corrected chi connectivity index (χ1v) is 8.14. The third kappa shape index (κ3) is 2.97. The van der Waals surface area contributed by atoms with Crippen LogP contribution in [0, 0.1) is 6.92 Å². The van der Waals surface area contributed by atoms with Gasteiger partial charge < -0.3 is 4.90 Å². The number of piperidine rings is 1. The zero-order valence-corrected chi connectivity index (χ0v) is 13.6. The third-order valence-corrected chi connectivity index (χ3v) is 4.33. The Hall–Kier alpha value is -2.83. The van der Waals surface area contributed by atoms with Crippen LogP contribution in [0.1, 0.15) is 30.3 Å². The minimum absolute atomic E-state index is 0.352. The third-order valence-electron chi connectivity index (χ3n) is 4.33. The van der Waals surface area contributed by atoms with Crippen molar-refractivity contribution in [3.8, 4) is 5.82 Å². The summed E-state index contributed by atoms with van der Waals surface area (Å²) in [5.74, 6) is 2.95. The maximum atomic E-state index is 4.79. The van der Waals surface area contributed by atoms with Gasteiger partial charge in [-0.1, -0.05) is 0 Å². The molecule has 3 aromatic heterocycles. The molecule has 0 aromatic carbocycles. The van der Waals surface area contributed by atoms with Gasteiger partial charge in [-0.3, -0.25) is 9.55 Å². The molecule has 1 fully saturated rings. The van der Waals surface area contributed by atoms with E-state index >= 15 is 0 Å². The summed E-state index contributed by atoms with van der Waals surface area (Å²) in [7, 11) is 0. The van der Waals surface area contributed by atoms with Crippen LogP contribution >= 0.6 is 0 Å². The van der Waals surface area contributed by atoms with Crippen molar-refractivity contribution in [2.75, 3.05) is 18.0 Å². The first-order chi connectivity index (χ1) is 11.8. The highest BCUT2D eigenvalue weighted by Crippen LogP contribution is 2.28. The minimum Gasteiger partial charge on any atom is -0.356 e. The number of anilines is 1. The Morgan fingerprint density at radius 2 is 2.04 bits per heavy atom. The average molecular weight is 321 g/mol. The fourth-order valence-electron chi connectivity index (χ4n) is 3.13. The lowest BCUT2D eigenvalue weighted by molar-refractivity contribution is 0.496. The van der Waals surface area contributed by atoms with Crippen molar-refractivity contribution < 1.29 is 0 Å². The fraction of sp³-hybridized carbons (Fsp3) is 0.353. The molecule has 1 saturated heterocycles. The van der Waals surface area contributed by atoms with Crippen LogP contribution in [-0.4, -0.2) is 42.6 Å². The van der Waals surface area contributed by atoms with E-state index in [0.717, 1.165) is 49.1 Å². The summed E-state index contributed by atoms with van der Waals surface area (Å²) in [6.07, 6.45) is 13.1. The first kappa shape index (κ1) is 14.7. The van der Waals surface area contributed by atoms with Gasteiger partial charge in [0.1, 0.15) is 18.0 Å². The van der Waals surface area contributed by atoms with Crippen LogP contribution < -0.4 is 4.90 Å². The van der Waals surface area contributed by atoms with Gasteiger partial charge in [-0.15, -0.1) is 0 Å². The lowest BCUT2D eigenvalue weighted by Gasteiger charge is -2.33. The van der Waals surface area contributed by atoms with Gasteiger partial charge in [0.2, 0.25) is 0 Å². The second-order valence-electron chi connectivity index (χ2n) is 6.02. The summed E-state index contributed by atoms with van der Waals surface area (Å²) in [5, 5.41) is 0. The minimum atomic E-state index is 0.352. The molecule has 0 amide bonds. The number of aryl methyl sites for hydroxylation is 1. The van der Waals surface area contributed by atoms with Crippen LogP contribution in [0.2, 0.25) is 0 Å². The molecular formula is C17H19N7. The molecule has 122 valence electrons. The number of hydrogen-bond donors (Lipinski definition) is 0. The van der Waals surface area contributed by atoms with Gasteiger partial charge in [-0.25, -0.2) is 19.9 Å². The largest absolute Gasteiger partial charge is 0.356 e. The molecule has 0 N–H and O–H groups in total. The Morgan fingerprint density at radius 1 is 1.08 bits per heavy atom. The van der Waals surface area contributed by atoms with E-state index in [1.54, 1.807) is 18.7 Å². The molecule has 7 heteroatoms. The molecule has 0 spiro atoms. The number of imidazole rings is 1. The van der Waals surface area contributed by atoms with Crippen LogP contribution in [-0.2, 0) is 0 Å². The summed E-state index contributed by atoms with van der Waals surface area (Å²) in [4.78, 5) is 24.3. The molecule has 0 unspecified atom stereocenters. The van der Waals surface area contributed by atoms with Gasteiger partial charge in [-0.05, 0) is 25.8 Å². The molecule has 0 bridgehead atoms. The summed E-state index contributed by atoms with van der Waals surface area (Å²) in [6.45, 7) is 3.84. The van der Waals surface area contributed by atoms with E-state index in [-0.39, 0.29) is 0 Å². The summed E-state index contributed by atoms with van der Waals surface area (Å²) >= 11 is 0. The molecule has 0 saturated carbocycles. The standard InChI is InChI=1S/C17H19N7/c1-13-20-5-4-16(21-13)23-7-2-3-14(11-23)15-9-19-10-17(22-15)24-8-6-18-12-24/h4-6,8-10,12,14H,2-3,7,11H2,1H3/t14-/m0/s1. The number of rotatable bonds is 3. The van der Waals surface area contributed by atoms with Crippen LogP contribution in [0.15, 0.2) is 43.4 Å². The molecule has 1 aliphatic heterocycles. The van der Waals surface area contributed by atoms with Gasteiger partial charge in [0.15, 0.2) is 5.82 Å². The smallest absolute Gasteiger partial charge is 0.156 e. The molecule has 1 atom stereocenters. The van der Waals surface area contributed by atoms with E-state index in [1.165, 1.54) is 0 Å². The monoisotopic (exact) mass is 321 g/mol. The van der Waals surface area contributed by atoms with Crippen molar-refractivity contribution in [1.82, 2.24) is 29.5 Å².